The zero-order valence-corrected chi connectivity index (χ0v) is 28.1. The Morgan fingerprint density at radius 3 is 2.60 bits per heavy atom. The van der Waals surface area contributed by atoms with E-state index in [9.17, 15) is 19.2 Å². The molecule has 0 amide bonds. The Morgan fingerprint density at radius 2 is 1.89 bits per heavy atom. The average Bonchev–Trinajstić information content (AvgIpc) is 3.63. The molecule has 254 valence electrons. The van der Waals surface area contributed by atoms with Gasteiger partial charge >= 0.3 is 17.3 Å². The van der Waals surface area contributed by atoms with Gasteiger partial charge in [0.1, 0.15) is 12.4 Å². The van der Waals surface area contributed by atoms with Gasteiger partial charge < -0.3 is 19.0 Å². The fourth-order valence-electron chi connectivity index (χ4n) is 10.4. The number of aromatic nitrogens is 3. The van der Waals surface area contributed by atoms with Crippen LogP contribution in [0.15, 0.2) is 51.1 Å². The molecule has 1 spiro atoms. The third-order valence-corrected chi connectivity index (χ3v) is 12.8. The first-order valence-electron chi connectivity index (χ1n) is 17.7. The van der Waals surface area contributed by atoms with Crippen LogP contribution in [0.25, 0.3) is 5.69 Å². The number of fused-ring (bicyclic) bond motifs is 2. The Balaban J connectivity index is 1.27. The van der Waals surface area contributed by atoms with E-state index in [2.05, 4.69) is 25.9 Å². The number of hydrogen-bond acceptors (Lipinski definition) is 7. The summed E-state index contributed by atoms with van der Waals surface area (Å²) < 4.78 is 21.7. The average molecular weight is 648 g/mol. The lowest BCUT2D eigenvalue weighted by Crippen LogP contribution is -2.49. The van der Waals surface area contributed by atoms with E-state index >= 15 is 0 Å². The van der Waals surface area contributed by atoms with Crippen LogP contribution in [0.1, 0.15) is 85.5 Å². The van der Waals surface area contributed by atoms with Gasteiger partial charge in [0.25, 0.3) is 0 Å². The number of nitrogens with zero attached hydrogens (tertiary/aromatic N) is 2. The van der Waals surface area contributed by atoms with Gasteiger partial charge in [0.05, 0.1) is 24.9 Å². The van der Waals surface area contributed by atoms with Crippen LogP contribution in [0.2, 0.25) is 0 Å². The molecule has 47 heavy (non-hydrogen) atoms. The van der Waals surface area contributed by atoms with Gasteiger partial charge in [-0.15, -0.1) is 0 Å². The summed E-state index contributed by atoms with van der Waals surface area (Å²) in [5.41, 5.74) is 2.03. The number of aromatic amines is 1. The molecule has 1 aromatic carbocycles. The monoisotopic (exact) mass is 647 g/mol. The molecule has 10 nitrogen and oxygen atoms in total. The molecular formula is C37H49N3O7. The lowest BCUT2D eigenvalue weighted by molar-refractivity contribution is -0.269. The number of esters is 1. The molecule has 2 saturated carbocycles. The van der Waals surface area contributed by atoms with E-state index in [0.29, 0.717) is 30.6 Å². The number of H-pyrrole nitrogens is 1. The molecule has 0 unspecified atom stereocenters. The van der Waals surface area contributed by atoms with Gasteiger partial charge in [-0.2, -0.15) is 0 Å². The first kappa shape index (κ1) is 32.3. The minimum absolute atomic E-state index is 0.0380. The van der Waals surface area contributed by atoms with Crippen molar-refractivity contribution in [3.05, 3.63) is 62.4 Å². The highest BCUT2D eigenvalue weighted by atomic mass is 16.7. The van der Waals surface area contributed by atoms with Crippen LogP contribution in [0.3, 0.4) is 0 Å². The summed E-state index contributed by atoms with van der Waals surface area (Å²) in [6, 6.07) is 9.00. The van der Waals surface area contributed by atoms with Crippen LogP contribution in [-0.4, -0.2) is 51.2 Å². The van der Waals surface area contributed by atoms with Crippen molar-refractivity contribution in [3.63, 3.8) is 0 Å². The number of benzene rings is 1. The summed E-state index contributed by atoms with van der Waals surface area (Å²) in [6.07, 6.45) is 8.45. The summed E-state index contributed by atoms with van der Waals surface area (Å²) in [4.78, 5) is 51.1. The normalized spacial score (nSPS) is 38.3. The maximum Gasteiger partial charge on any atom is 0.351 e. The molecule has 5 aliphatic rings. The standard InChI is InChI=1S/C37H49N3O7/c1-22-12-16-37(45-21-22)23(2)33-30(20-39-35(44)40(34(43)38-39)26-8-6-5-7-9-26)29(19-32(33)47-37)28-11-10-25-18-27(46-24(3)42)13-15-36(25,4)31(28)14-17-41/h5-9,17,22-23,25,27-28,31-33H,10-16,18-21H2,1-4H3,(H,38,43)/t22-,23+,25+,27+,28+,31+,32+,33-,36+,37-/m1/s1. The largest absolute Gasteiger partial charge is 0.463 e. The van der Waals surface area contributed by atoms with E-state index < -0.39 is 17.2 Å². The smallest absolute Gasteiger partial charge is 0.351 e. The number of hydrogen-bond donors (Lipinski definition) is 1. The Kier molecular flexibility index (Phi) is 8.48. The molecule has 2 aliphatic heterocycles. The predicted molar refractivity (Wildman–Crippen MR) is 175 cm³/mol. The second-order valence-electron chi connectivity index (χ2n) is 15.3. The second-order valence-corrected chi connectivity index (χ2v) is 15.3. The molecule has 1 N–H and O–H groups in total. The fourth-order valence-corrected chi connectivity index (χ4v) is 10.4. The topological polar surface area (TPSA) is 122 Å². The van der Waals surface area contributed by atoms with Crippen molar-refractivity contribution in [2.75, 3.05) is 6.61 Å². The number of nitrogens with one attached hydrogen (secondary N) is 1. The van der Waals surface area contributed by atoms with Crippen molar-refractivity contribution < 1.29 is 23.8 Å². The third kappa shape index (κ3) is 5.49. The van der Waals surface area contributed by atoms with Crippen LogP contribution in [0.4, 0.5) is 0 Å². The Morgan fingerprint density at radius 1 is 1.11 bits per heavy atom. The van der Waals surface area contributed by atoms with Crippen LogP contribution >= 0.6 is 0 Å². The van der Waals surface area contributed by atoms with Gasteiger partial charge in [0.15, 0.2) is 5.79 Å². The van der Waals surface area contributed by atoms with Gasteiger partial charge in [-0.05, 0) is 91.7 Å². The summed E-state index contributed by atoms with van der Waals surface area (Å²) in [5.74, 6) is 0.362. The molecule has 2 saturated heterocycles. The van der Waals surface area contributed by atoms with E-state index in [-0.39, 0.29) is 53.8 Å². The molecule has 3 aliphatic carbocycles. The molecule has 0 bridgehead atoms. The fraction of sp³-hybridized carbons (Fsp3) is 0.676. The van der Waals surface area contributed by atoms with Gasteiger partial charge in [-0.3, -0.25) is 4.79 Å². The van der Waals surface area contributed by atoms with Crippen molar-refractivity contribution in [2.45, 2.75) is 110 Å². The molecule has 1 aromatic heterocycles. The highest BCUT2D eigenvalue weighted by Gasteiger charge is 2.60. The van der Waals surface area contributed by atoms with Gasteiger partial charge in [-0.1, -0.05) is 44.5 Å². The van der Waals surface area contributed by atoms with Crippen molar-refractivity contribution in [1.29, 1.82) is 0 Å². The number of ether oxygens (including phenoxy) is 3. The number of aldehydes is 1. The highest BCUT2D eigenvalue weighted by Crippen LogP contribution is 2.62. The summed E-state index contributed by atoms with van der Waals surface area (Å²) in [6.45, 7) is 9.18. The van der Waals surface area contributed by atoms with Crippen LogP contribution in [0.5, 0.6) is 0 Å². The Bertz CT molecular complexity index is 1650. The van der Waals surface area contributed by atoms with E-state index in [1.54, 1.807) is 12.1 Å². The molecule has 10 atom stereocenters. The number of rotatable bonds is 7. The minimum atomic E-state index is -0.645. The predicted octanol–water partition coefficient (Wildman–Crippen LogP) is 5.17. The number of carbonyl (C=O) groups is 2. The molecule has 7 rings (SSSR count). The first-order chi connectivity index (χ1) is 22.5. The minimum Gasteiger partial charge on any atom is -0.463 e. The summed E-state index contributed by atoms with van der Waals surface area (Å²) in [7, 11) is 0. The zero-order valence-electron chi connectivity index (χ0n) is 28.1. The molecule has 2 aromatic rings. The maximum absolute atomic E-state index is 13.8. The lowest BCUT2D eigenvalue weighted by atomic mass is 9.50. The van der Waals surface area contributed by atoms with Crippen LogP contribution in [-0.2, 0) is 30.3 Å². The van der Waals surface area contributed by atoms with Crippen LogP contribution < -0.4 is 11.4 Å². The van der Waals surface area contributed by atoms with Gasteiger partial charge in [0, 0.05) is 31.6 Å². The van der Waals surface area contributed by atoms with E-state index in [4.69, 9.17) is 14.2 Å². The maximum atomic E-state index is 13.8. The molecule has 4 fully saturated rings. The van der Waals surface area contributed by atoms with E-state index in [1.807, 2.05) is 18.2 Å². The Labute approximate surface area is 275 Å². The second kappa shape index (κ2) is 12.3. The zero-order chi connectivity index (χ0) is 33.1. The van der Waals surface area contributed by atoms with Gasteiger partial charge in [0.2, 0.25) is 0 Å². The lowest BCUT2D eigenvalue weighted by Gasteiger charge is -2.55. The summed E-state index contributed by atoms with van der Waals surface area (Å²) >= 11 is 0. The van der Waals surface area contributed by atoms with Crippen molar-refractivity contribution >= 4 is 12.3 Å². The Hall–Kier alpha value is -3.24. The quantitative estimate of drug-likeness (QED) is 0.250. The van der Waals surface area contributed by atoms with Crippen molar-refractivity contribution in [2.24, 2.45) is 40.9 Å². The van der Waals surface area contributed by atoms with E-state index in [0.717, 1.165) is 63.2 Å². The molecule has 0 radical (unpaired) electrons. The highest BCUT2D eigenvalue weighted by molar-refractivity contribution is 5.66. The third-order valence-electron chi connectivity index (χ3n) is 12.8. The SMILES string of the molecule is CC(=O)O[C@H]1CC[C@@]2(C)[C@@H](CC[C@@H](C3=C(Cn4[nH]c(=O)n(-c5ccccc5)c4=O)[C@@H]4[C@H](C3)O[C@]3(CC[C@@H](C)CO3)[C@H]4C)[C@@H]2CC=O)C1. The summed E-state index contributed by atoms with van der Waals surface area (Å²) in [5, 5.41) is 2.85. The van der Waals surface area contributed by atoms with Gasteiger partial charge in [-0.25, -0.2) is 23.9 Å². The van der Waals surface area contributed by atoms with Crippen molar-refractivity contribution in [3.8, 4) is 5.69 Å². The van der Waals surface area contributed by atoms with Crippen molar-refractivity contribution in [1.82, 2.24) is 14.3 Å². The molecular weight excluding hydrogens is 598 g/mol. The number of carbonyl (C=O) groups excluding carboxylic acids is 2. The molecule has 3 heterocycles. The molecule has 10 heteroatoms. The van der Waals surface area contributed by atoms with E-state index in [1.165, 1.54) is 21.7 Å². The van der Waals surface area contributed by atoms with Crippen LogP contribution in [0, 0.1) is 40.9 Å². The number of para-hydroxylation sites is 1. The first-order valence-corrected chi connectivity index (χ1v) is 17.7.